The minimum absolute atomic E-state index is 0.312. The number of aryl methyl sites for hydroxylation is 1. The molecule has 0 aliphatic heterocycles. The van der Waals surface area contributed by atoms with Crippen LogP contribution in [0.3, 0.4) is 0 Å². The quantitative estimate of drug-likeness (QED) is 0.898. The first kappa shape index (κ1) is 15.7. The summed E-state index contributed by atoms with van der Waals surface area (Å²) in [4.78, 5) is 0.341. The Morgan fingerprint density at radius 1 is 1.28 bits per heavy atom. The number of hydrogen-bond acceptors (Lipinski definition) is 2. The SMILES string of the molecule is Cc1ccc(Br)cc1S(=O)(=O)NCC(C)C(C)C. The van der Waals surface area contributed by atoms with Gasteiger partial charge in [-0.15, -0.1) is 0 Å². The largest absolute Gasteiger partial charge is 0.240 e. The molecule has 0 saturated carbocycles. The average molecular weight is 334 g/mol. The number of nitrogens with one attached hydrogen (secondary N) is 1. The maximum Gasteiger partial charge on any atom is 0.240 e. The van der Waals surface area contributed by atoms with Gasteiger partial charge in [-0.05, 0) is 36.5 Å². The van der Waals surface area contributed by atoms with Gasteiger partial charge in [0.2, 0.25) is 10.0 Å². The molecule has 1 aromatic carbocycles. The molecule has 0 amide bonds. The van der Waals surface area contributed by atoms with E-state index >= 15 is 0 Å². The zero-order valence-electron chi connectivity index (χ0n) is 11.2. The lowest BCUT2D eigenvalue weighted by molar-refractivity contribution is 0.414. The Morgan fingerprint density at radius 3 is 2.44 bits per heavy atom. The molecule has 0 radical (unpaired) electrons. The molecule has 0 aliphatic rings. The van der Waals surface area contributed by atoms with E-state index in [4.69, 9.17) is 0 Å². The van der Waals surface area contributed by atoms with Crippen molar-refractivity contribution in [1.29, 1.82) is 0 Å². The zero-order chi connectivity index (χ0) is 13.9. The van der Waals surface area contributed by atoms with Crippen LogP contribution in [0, 0.1) is 18.8 Å². The highest BCUT2D eigenvalue weighted by Crippen LogP contribution is 2.20. The molecule has 0 saturated heterocycles. The van der Waals surface area contributed by atoms with Gasteiger partial charge in [0.1, 0.15) is 0 Å². The number of sulfonamides is 1. The number of halogens is 1. The fourth-order valence-corrected chi connectivity index (χ4v) is 3.34. The average Bonchev–Trinajstić information content (AvgIpc) is 2.29. The lowest BCUT2D eigenvalue weighted by atomic mass is 9.99. The van der Waals surface area contributed by atoms with Crippen molar-refractivity contribution in [3.8, 4) is 0 Å². The first-order valence-electron chi connectivity index (χ1n) is 6.00. The van der Waals surface area contributed by atoms with E-state index in [0.29, 0.717) is 23.3 Å². The lowest BCUT2D eigenvalue weighted by Crippen LogP contribution is -2.30. The Labute approximate surface area is 118 Å². The van der Waals surface area contributed by atoms with Crippen LogP contribution < -0.4 is 4.72 Å². The van der Waals surface area contributed by atoms with E-state index < -0.39 is 10.0 Å². The van der Waals surface area contributed by atoms with E-state index in [2.05, 4.69) is 34.5 Å². The Bertz CT molecular complexity index is 512. The highest BCUT2D eigenvalue weighted by Gasteiger charge is 2.18. The van der Waals surface area contributed by atoms with Crippen molar-refractivity contribution in [3.63, 3.8) is 0 Å². The van der Waals surface area contributed by atoms with Gasteiger partial charge < -0.3 is 0 Å². The molecule has 1 rings (SSSR count). The molecule has 1 aromatic rings. The van der Waals surface area contributed by atoms with E-state index in [-0.39, 0.29) is 0 Å². The molecule has 5 heteroatoms. The van der Waals surface area contributed by atoms with Crippen molar-refractivity contribution in [2.45, 2.75) is 32.6 Å². The van der Waals surface area contributed by atoms with Crippen LogP contribution in [0.4, 0.5) is 0 Å². The molecule has 0 bridgehead atoms. The van der Waals surface area contributed by atoms with Gasteiger partial charge in [-0.1, -0.05) is 42.8 Å². The Morgan fingerprint density at radius 2 is 1.89 bits per heavy atom. The number of rotatable bonds is 5. The molecule has 1 N–H and O–H groups in total. The van der Waals surface area contributed by atoms with Gasteiger partial charge in [-0.3, -0.25) is 0 Å². The fourth-order valence-electron chi connectivity index (χ4n) is 1.42. The first-order valence-corrected chi connectivity index (χ1v) is 8.27. The van der Waals surface area contributed by atoms with E-state index in [0.717, 1.165) is 10.0 Å². The molecule has 0 aromatic heterocycles. The standard InChI is InChI=1S/C13H20BrNO2S/c1-9(2)11(4)8-15-18(16,17)13-7-12(14)6-5-10(13)3/h5-7,9,11,15H,8H2,1-4H3. The topological polar surface area (TPSA) is 46.2 Å². The van der Waals surface area contributed by atoms with Crippen molar-refractivity contribution in [3.05, 3.63) is 28.2 Å². The van der Waals surface area contributed by atoms with Crippen LogP contribution in [-0.2, 0) is 10.0 Å². The molecular formula is C13H20BrNO2S. The molecule has 0 heterocycles. The van der Waals surface area contributed by atoms with Crippen LogP contribution in [0.1, 0.15) is 26.3 Å². The summed E-state index contributed by atoms with van der Waals surface area (Å²) in [6.07, 6.45) is 0. The molecule has 18 heavy (non-hydrogen) atoms. The highest BCUT2D eigenvalue weighted by molar-refractivity contribution is 9.10. The van der Waals surface area contributed by atoms with Crippen LogP contribution in [0.5, 0.6) is 0 Å². The maximum absolute atomic E-state index is 12.2. The summed E-state index contributed by atoms with van der Waals surface area (Å²) in [5.41, 5.74) is 0.753. The van der Waals surface area contributed by atoms with Crippen molar-refractivity contribution in [2.24, 2.45) is 11.8 Å². The maximum atomic E-state index is 12.2. The normalized spacial score (nSPS) is 13.9. The summed E-state index contributed by atoms with van der Waals surface area (Å²) in [6, 6.07) is 5.27. The van der Waals surface area contributed by atoms with Crippen molar-refractivity contribution >= 4 is 26.0 Å². The third-order valence-electron chi connectivity index (χ3n) is 3.17. The summed E-state index contributed by atoms with van der Waals surface area (Å²) in [6.45, 7) is 8.48. The van der Waals surface area contributed by atoms with Gasteiger partial charge in [0, 0.05) is 11.0 Å². The molecular weight excluding hydrogens is 314 g/mol. The number of hydrogen-bond donors (Lipinski definition) is 1. The van der Waals surface area contributed by atoms with Crippen LogP contribution in [0.15, 0.2) is 27.6 Å². The molecule has 0 aliphatic carbocycles. The van der Waals surface area contributed by atoms with Gasteiger partial charge in [-0.2, -0.15) is 0 Å². The summed E-state index contributed by atoms with van der Waals surface area (Å²) in [5, 5.41) is 0. The van der Waals surface area contributed by atoms with E-state index in [1.807, 2.05) is 13.0 Å². The molecule has 1 atom stereocenters. The fraction of sp³-hybridized carbons (Fsp3) is 0.538. The Hall–Kier alpha value is -0.390. The third-order valence-corrected chi connectivity index (χ3v) is 5.23. The third kappa shape index (κ3) is 4.07. The highest BCUT2D eigenvalue weighted by atomic mass is 79.9. The van der Waals surface area contributed by atoms with E-state index in [1.54, 1.807) is 19.1 Å². The van der Waals surface area contributed by atoms with Crippen LogP contribution in [0.2, 0.25) is 0 Å². The first-order chi connectivity index (χ1) is 8.24. The smallest absolute Gasteiger partial charge is 0.211 e. The van der Waals surface area contributed by atoms with Crippen molar-refractivity contribution in [1.82, 2.24) is 4.72 Å². The summed E-state index contributed by atoms with van der Waals surface area (Å²) < 4.78 is 27.8. The summed E-state index contributed by atoms with van der Waals surface area (Å²) >= 11 is 3.30. The Balaban J connectivity index is 2.90. The lowest BCUT2D eigenvalue weighted by Gasteiger charge is -2.17. The van der Waals surface area contributed by atoms with Crippen molar-refractivity contribution in [2.75, 3.05) is 6.54 Å². The summed E-state index contributed by atoms with van der Waals surface area (Å²) in [5.74, 6) is 0.767. The number of benzene rings is 1. The van der Waals surface area contributed by atoms with Gasteiger partial charge in [0.25, 0.3) is 0 Å². The molecule has 0 fully saturated rings. The monoisotopic (exact) mass is 333 g/mol. The molecule has 0 spiro atoms. The summed E-state index contributed by atoms with van der Waals surface area (Å²) in [7, 11) is -3.42. The van der Waals surface area contributed by atoms with Crippen LogP contribution in [-0.4, -0.2) is 15.0 Å². The van der Waals surface area contributed by atoms with Gasteiger partial charge in [-0.25, -0.2) is 13.1 Å². The molecule has 3 nitrogen and oxygen atoms in total. The Kier molecular flexibility index (Phi) is 5.37. The van der Waals surface area contributed by atoms with Gasteiger partial charge in [0.05, 0.1) is 4.90 Å². The predicted octanol–water partition coefficient (Wildman–Crippen LogP) is 3.33. The van der Waals surface area contributed by atoms with E-state index in [1.165, 1.54) is 0 Å². The van der Waals surface area contributed by atoms with E-state index in [9.17, 15) is 8.42 Å². The zero-order valence-corrected chi connectivity index (χ0v) is 13.6. The second kappa shape index (κ2) is 6.17. The van der Waals surface area contributed by atoms with Gasteiger partial charge >= 0.3 is 0 Å². The predicted molar refractivity (Wildman–Crippen MR) is 78.1 cm³/mol. The minimum atomic E-state index is -3.42. The molecule has 102 valence electrons. The van der Waals surface area contributed by atoms with Crippen LogP contribution >= 0.6 is 15.9 Å². The van der Waals surface area contributed by atoms with Gasteiger partial charge in [0.15, 0.2) is 0 Å². The second-order valence-electron chi connectivity index (χ2n) is 4.98. The minimum Gasteiger partial charge on any atom is -0.211 e. The van der Waals surface area contributed by atoms with Crippen molar-refractivity contribution < 1.29 is 8.42 Å². The van der Waals surface area contributed by atoms with Crippen LogP contribution in [0.25, 0.3) is 0 Å². The second-order valence-corrected chi connectivity index (χ2v) is 7.63. The molecule has 1 unspecified atom stereocenters.